The zero-order valence-corrected chi connectivity index (χ0v) is 10.3. The minimum atomic E-state index is -0.219. The number of nitrogens with zero attached hydrogens (tertiary/aromatic N) is 1. The van der Waals surface area contributed by atoms with Crippen molar-refractivity contribution in [1.29, 1.82) is 0 Å². The van der Waals surface area contributed by atoms with Crippen molar-refractivity contribution in [1.82, 2.24) is 5.43 Å². The number of thioether (sulfide) groups is 1. The fraction of sp³-hybridized carbons (Fsp3) is 0.0714. The molecule has 0 fully saturated rings. The molecule has 3 rings (SSSR count). The van der Waals surface area contributed by atoms with Crippen molar-refractivity contribution in [3.63, 3.8) is 0 Å². The third-order valence-electron chi connectivity index (χ3n) is 2.68. The zero-order chi connectivity index (χ0) is 12.4. The lowest BCUT2D eigenvalue weighted by Gasteiger charge is -2.09. The molecule has 2 aromatic carbocycles. The first kappa shape index (κ1) is 11.3. The number of hydrazone groups is 1. The minimum Gasteiger partial charge on any atom is -0.291 e. The summed E-state index contributed by atoms with van der Waals surface area (Å²) in [6.45, 7) is 0. The molecule has 1 atom stereocenters. The summed E-state index contributed by atoms with van der Waals surface area (Å²) in [4.78, 5) is 0. The van der Waals surface area contributed by atoms with Gasteiger partial charge in [-0.15, -0.1) is 0 Å². The van der Waals surface area contributed by atoms with Crippen molar-refractivity contribution in [3.8, 4) is 0 Å². The van der Waals surface area contributed by atoms with Gasteiger partial charge in [0.1, 0.15) is 16.2 Å². The molecule has 18 heavy (non-hydrogen) atoms. The highest BCUT2D eigenvalue weighted by Gasteiger charge is 2.21. The highest BCUT2D eigenvalue weighted by atomic mass is 32.2. The van der Waals surface area contributed by atoms with Crippen LogP contribution in [0.4, 0.5) is 4.39 Å². The molecule has 1 aliphatic rings. The maximum Gasteiger partial charge on any atom is 0.126 e. The Morgan fingerprint density at radius 1 is 1.06 bits per heavy atom. The maximum absolute atomic E-state index is 13.2. The normalized spacial score (nSPS) is 18.3. The van der Waals surface area contributed by atoms with Gasteiger partial charge in [0.2, 0.25) is 0 Å². The highest BCUT2D eigenvalue weighted by Crippen LogP contribution is 2.34. The highest BCUT2D eigenvalue weighted by molar-refractivity contribution is 8.14. The predicted octanol–water partition coefficient (Wildman–Crippen LogP) is 3.52. The Morgan fingerprint density at radius 2 is 1.89 bits per heavy atom. The molecule has 0 aliphatic carbocycles. The van der Waals surface area contributed by atoms with Gasteiger partial charge < -0.3 is 0 Å². The quantitative estimate of drug-likeness (QED) is 0.891. The molecule has 1 aliphatic heterocycles. The lowest BCUT2D eigenvalue weighted by atomic mass is 10.2. The van der Waals surface area contributed by atoms with E-state index in [1.807, 2.05) is 36.4 Å². The smallest absolute Gasteiger partial charge is 0.126 e. The molecular formula is C14H11FN2S. The van der Waals surface area contributed by atoms with Crippen LogP contribution < -0.4 is 5.43 Å². The SMILES string of the molecule is Fc1cccc([C@H]2NN=C(c3ccccc3)S2)c1. The molecule has 90 valence electrons. The molecule has 0 amide bonds. The molecule has 1 N–H and O–H groups in total. The van der Waals surface area contributed by atoms with E-state index < -0.39 is 0 Å². The van der Waals surface area contributed by atoms with Gasteiger partial charge in [-0.05, 0) is 17.7 Å². The molecule has 0 aromatic heterocycles. The van der Waals surface area contributed by atoms with Crippen molar-refractivity contribution in [3.05, 3.63) is 71.5 Å². The van der Waals surface area contributed by atoms with Gasteiger partial charge in [-0.25, -0.2) is 4.39 Å². The second kappa shape index (κ2) is 4.82. The second-order valence-corrected chi connectivity index (χ2v) is 5.06. The topological polar surface area (TPSA) is 24.4 Å². The van der Waals surface area contributed by atoms with Gasteiger partial charge in [-0.2, -0.15) is 5.10 Å². The van der Waals surface area contributed by atoms with Gasteiger partial charge in [-0.3, -0.25) is 5.43 Å². The van der Waals surface area contributed by atoms with E-state index in [4.69, 9.17) is 0 Å². The largest absolute Gasteiger partial charge is 0.291 e. The van der Waals surface area contributed by atoms with E-state index in [9.17, 15) is 4.39 Å². The van der Waals surface area contributed by atoms with E-state index in [0.717, 1.165) is 16.2 Å². The third kappa shape index (κ3) is 2.24. The van der Waals surface area contributed by atoms with Gasteiger partial charge in [-0.1, -0.05) is 54.2 Å². The monoisotopic (exact) mass is 258 g/mol. The summed E-state index contributed by atoms with van der Waals surface area (Å²) >= 11 is 1.60. The average molecular weight is 258 g/mol. The van der Waals surface area contributed by atoms with Crippen molar-refractivity contribution in [2.24, 2.45) is 5.10 Å². The van der Waals surface area contributed by atoms with Crippen molar-refractivity contribution >= 4 is 16.8 Å². The van der Waals surface area contributed by atoms with Crippen LogP contribution in [-0.2, 0) is 0 Å². The van der Waals surface area contributed by atoms with E-state index in [1.165, 1.54) is 12.1 Å². The molecule has 0 saturated carbocycles. The van der Waals surface area contributed by atoms with E-state index in [2.05, 4.69) is 10.5 Å². The van der Waals surface area contributed by atoms with Crippen LogP contribution in [0.15, 0.2) is 59.7 Å². The van der Waals surface area contributed by atoms with E-state index in [1.54, 1.807) is 17.8 Å². The molecule has 0 unspecified atom stereocenters. The molecule has 2 aromatic rings. The number of benzene rings is 2. The number of hydrogen-bond donors (Lipinski definition) is 1. The summed E-state index contributed by atoms with van der Waals surface area (Å²) in [7, 11) is 0. The van der Waals surface area contributed by atoms with Gasteiger partial charge in [0.25, 0.3) is 0 Å². The molecule has 0 saturated heterocycles. The van der Waals surface area contributed by atoms with Crippen LogP contribution in [0.25, 0.3) is 0 Å². The summed E-state index contributed by atoms with van der Waals surface area (Å²) in [5.41, 5.74) is 5.01. The van der Waals surface area contributed by atoms with Crippen LogP contribution in [0.1, 0.15) is 16.5 Å². The maximum atomic E-state index is 13.2. The Labute approximate surface area is 109 Å². The van der Waals surface area contributed by atoms with Crippen LogP contribution in [0, 0.1) is 5.82 Å². The third-order valence-corrected chi connectivity index (χ3v) is 3.85. The van der Waals surface area contributed by atoms with Crippen LogP contribution in [0.5, 0.6) is 0 Å². The number of rotatable bonds is 2. The van der Waals surface area contributed by atoms with Gasteiger partial charge >= 0.3 is 0 Å². The van der Waals surface area contributed by atoms with Gasteiger partial charge in [0.15, 0.2) is 0 Å². The van der Waals surface area contributed by atoms with E-state index >= 15 is 0 Å². The van der Waals surface area contributed by atoms with Crippen molar-refractivity contribution < 1.29 is 4.39 Å². The molecule has 0 radical (unpaired) electrons. The first-order chi connectivity index (χ1) is 8.83. The number of halogens is 1. The van der Waals surface area contributed by atoms with E-state index in [0.29, 0.717) is 0 Å². The summed E-state index contributed by atoms with van der Waals surface area (Å²) in [5.74, 6) is -0.219. The fourth-order valence-corrected chi connectivity index (χ4v) is 2.80. The molecule has 0 spiro atoms. The summed E-state index contributed by atoms with van der Waals surface area (Å²) in [6.07, 6.45) is 0. The zero-order valence-electron chi connectivity index (χ0n) is 9.51. The van der Waals surface area contributed by atoms with Crippen LogP contribution in [0.2, 0.25) is 0 Å². The fourth-order valence-electron chi connectivity index (χ4n) is 1.81. The second-order valence-electron chi connectivity index (χ2n) is 3.96. The summed E-state index contributed by atoms with van der Waals surface area (Å²) in [6, 6.07) is 16.6. The first-order valence-corrected chi connectivity index (χ1v) is 6.52. The number of nitrogens with one attached hydrogen (secondary N) is 1. The Balaban J connectivity index is 1.79. The summed E-state index contributed by atoms with van der Waals surface area (Å²) in [5, 5.41) is 5.22. The average Bonchev–Trinajstić information content (AvgIpc) is 2.89. The Hall–Kier alpha value is -1.81. The van der Waals surface area contributed by atoms with Crippen LogP contribution in [0.3, 0.4) is 0 Å². The van der Waals surface area contributed by atoms with Crippen LogP contribution >= 0.6 is 11.8 Å². The van der Waals surface area contributed by atoms with Gasteiger partial charge in [0, 0.05) is 5.56 Å². The molecule has 0 bridgehead atoms. The molecule has 4 heteroatoms. The van der Waals surface area contributed by atoms with E-state index in [-0.39, 0.29) is 11.2 Å². The summed E-state index contributed by atoms with van der Waals surface area (Å²) < 4.78 is 13.2. The predicted molar refractivity (Wildman–Crippen MR) is 72.8 cm³/mol. The van der Waals surface area contributed by atoms with Crippen molar-refractivity contribution in [2.75, 3.05) is 0 Å². The molecular weight excluding hydrogens is 247 g/mol. The molecule has 2 nitrogen and oxygen atoms in total. The number of hydrogen-bond acceptors (Lipinski definition) is 3. The lowest BCUT2D eigenvalue weighted by Crippen LogP contribution is -2.06. The lowest BCUT2D eigenvalue weighted by molar-refractivity contribution is 0.622. The Morgan fingerprint density at radius 3 is 2.67 bits per heavy atom. The van der Waals surface area contributed by atoms with Crippen LogP contribution in [-0.4, -0.2) is 5.04 Å². The first-order valence-electron chi connectivity index (χ1n) is 5.64. The Kier molecular flexibility index (Phi) is 3.02. The van der Waals surface area contributed by atoms with Crippen molar-refractivity contribution in [2.45, 2.75) is 5.37 Å². The Bertz CT molecular complexity index is 583. The minimum absolute atomic E-state index is 0.0177. The van der Waals surface area contributed by atoms with Gasteiger partial charge in [0.05, 0.1) is 0 Å². The standard InChI is InChI=1S/C14H11FN2S/c15-12-8-4-7-11(9-12)14-17-16-13(18-14)10-5-2-1-3-6-10/h1-9,14,17H/t14-/m0/s1. The molecule has 1 heterocycles.